The first-order valence-corrected chi connectivity index (χ1v) is 11.0. The van der Waals surface area contributed by atoms with E-state index in [0.29, 0.717) is 30.3 Å². The fourth-order valence-corrected chi connectivity index (χ4v) is 4.83. The number of aromatic nitrogens is 1. The molecule has 0 saturated carbocycles. The first-order chi connectivity index (χ1) is 16.1. The summed E-state index contributed by atoms with van der Waals surface area (Å²) in [5.74, 6) is 2.07. The lowest BCUT2D eigenvalue weighted by Gasteiger charge is -2.46. The molecule has 1 saturated heterocycles. The van der Waals surface area contributed by atoms with Gasteiger partial charge in [-0.1, -0.05) is 0 Å². The monoisotopic (exact) mass is 448 g/mol. The van der Waals surface area contributed by atoms with Gasteiger partial charge in [-0.2, -0.15) is 0 Å². The van der Waals surface area contributed by atoms with Gasteiger partial charge in [-0.25, -0.2) is 4.79 Å². The van der Waals surface area contributed by atoms with E-state index in [-0.39, 0.29) is 11.6 Å². The Kier molecular flexibility index (Phi) is 5.28. The lowest BCUT2D eigenvalue weighted by molar-refractivity contribution is 0.174. The molecule has 1 spiro atoms. The van der Waals surface area contributed by atoms with Crippen molar-refractivity contribution in [1.82, 2.24) is 9.47 Å². The number of urea groups is 1. The summed E-state index contributed by atoms with van der Waals surface area (Å²) in [4.78, 5) is 14.9. The average molecular weight is 449 g/mol. The number of piperidine rings is 1. The quantitative estimate of drug-likeness (QED) is 0.617. The number of methoxy groups -OCH3 is 3. The van der Waals surface area contributed by atoms with Gasteiger partial charge in [0, 0.05) is 37.1 Å². The number of benzene rings is 2. The summed E-state index contributed by atoms with van der Waals surface area (Å²) in [5, 5.41) is 6.76. The van der Waals surface area contributed by atoms with Crippen molar-refractivity contribution in [1.29, 1.82) is 0 Å². The van der Waals surface area contributed by atoms with E-state index >= 15 is 0 Å². The molecule has 2 N–H and O–H groups in total. The third kappa shape index (κ3) is 3.61. The molecule has 2 amide bonds. The van der Waals surface area contributed by atoms with Crippen LogP contribution in [0.2, 0.25) is 0 Å². The van der Waals surface area contributed by atoms with Gasteiger partial charge in [0.05, 0.1) is 43.9 Å². The molecule has 0 atom stereocenters. The molecule has 1 aromatic heterocycles. The minimum Gasteiger partial charge on any atom is -0.497 e. The summed E-state index contributed by atoms with van der Waals surface area (Å²) in [7, 11) is 4.85. The van der Waals surface area contributed by atoms with Gasteiger partial charge >= 0.3 is 6.03 Å². The Balaban J connectivity index is 1.34. The van der Waals surface area contributed by atoms with E-state index in [1.807, 2.05) is 17.0 Å². The number of rotatable bonds is 4. The molecule has 5 rings (SSSR count). The van der Waals surface area contributed by atoms with Crippen molar-refractivity contribution in [3.63, 3.8) is 0 Å². The molecular weight excluding hydrogens is 420 g/mol. The molecule has 0 bridgehead atoms. The molecule has 2 aliphatic rings. The van der Waals surface area contributed by atoms with Crippen LogP contribution >= 0.6 is 0 Å². The number of carbonyl (C=O) groups is 1. The number of hydrogen-bond donors (Lipinski definition) is 2. The van der Waals surface area contributed by atoms with Crippen molar-refractivity contribution in [3.05, 3.63) is 60.4 Å². The standard InChI is InChI=1S/C25H28N4O4/c1-31-17-6-8-21-19(15-17)27-25(23-5-4-12-29(21)23)10-13-28(14-11-25)24(30)26-20-16-18(32-2)7-9-22(20)33-3/h4-9,12,15-16,27H,10-11,13-14H2,1-3H3,(H,26,30). The number of nitrogens with one attached hydrogen (secondary N) is 2. The minimum absolute atomic E-state index is 0.148. The number of amides is 2. The van der Waals surface area contributed by atoms with E-state index in [1.54, 1.807) is 39.5 Å². The minimum atomic E-state index is -0.243. The van der Waals surface area contributed by atoms with Crippen LogP contribution in [-0.4, -0.2) is 49.9 Å². The number of carbonyl (C=O) groups excluding carboxylic acids is 1. The fraction of sp³-hybridized carbons (Fsp3) is 0.320. The Labute approximate surface area is 193 Å². The van der Waals surface area contributed by atoms with E-state index in [2.05, 4.69) is 39.6 Å². The summed E-state index contributed by atoms with van der Waals surface area (Å²) in [6.45, 7) is 1.24. The lowest BCUT2D eigenvalue weighted by atomic mass is 9.82. The largest absolute Gasteiger partial charge is 0.497 e. The van der Waals surface area contributed by atoms with Crippen LogP contribution in [0.3, 0.4) is 0 Å². The Morgan fingerprint density at radius 2 is 1.70 bits per heavy atom. The highest BCUT2D eigenvalue weighted by Crippen LogP contribution is 2.44. The van der Waals surface area contributed by atoms with Gasteiger partial charge in [-0.05, 0) is 49.2 Å². The number of fused-ring (bicyclic) bond motifs is 4. The highest BCUT2D eigenvalue weighted by molar-refractivity contribution is 5.91. The molecule has 33 heavy (non-hydrogen) atoms. The van der Waals surface area contributed by atoms with Crippen LogP contribution in [0.25, 0.3) is 5.69 Å². The predicted molar refractivity (Wildman–Crippen MR) is 127 cm³/mol. The highest BCUT2D eigenvalue weighted by atomic mass is 16.5. The molecule has 0 unspecified atom stereocenters. The molecule has 3 heterocycles. The SMILES string of the molecule is COc1ccc(OC)c(NC(=O)N2CCC3(CC2)Nc2cc(OC)ccc2-n2cccc23)c1. The summed E-state index contributed by atoms with van der Waals surface area (Å²) < 4.78 is 18.4. The zero-order valence-electron chi connectivity index (χ0n) is 19.1. The third-order valence-electron chi connectivity index (χ3n) is 6.63. The number of likely N-dealkylation sites (tertiary alicyclic amines) is 1. The van der Waals surface area contributed by atoms with Crippen molar-refractivity contribution >= 4 is 17.4 Å². The van der Waals surface area contributed by atoms with E-state index in [1.165, 1.54) is 5.69 Å². The molecular formula is C25H28N4O4. The Bertz CT molecular complexity index is 1180. The molecule has 2 aliphatic heterocycles. The third-order valence-corrected chi connectivity index (χ3v) is 6.63. The number of anilines is 2. The van der Waals surface area contributed by atoms with Gasteiger partial charge < -0.3 is 34.3 Å². The van der Waals surface area contributed by atoms with Gasteiger partial charge in [0.15, 0.2) is 0 Å². The second kappa shape index (κ2) is 8.27. The summed E-state index contributed by atoms with van der Waals surface area (Å²) in [5.41, 5.74) is 3.71. The van der Waals surface area contributed by atoms with Crippen molar-refractivity contribution < 1.29 is 19.0 Å². The molecule has 0 radical (unpaired) electrons. The molecule has 3 aromatic rings. The van der Waals surface area contributed by atoms with Crippen LogP contribution in [-0.2, 0) is 5.54 Å². The maximum absolute atomic E-state index is 13.1. The van der Waals surface area contributed by atoms with Crippen LogP contribution in [0.1, 0.15) is 18.5 Å². The number of hydrogen-bond acceptors (Lipinski definition) is 5. The second-order valence-electron chi connectivity index (χ2n) is 8.34. The average Bonchev–Trinajstić information content (AvgIpc) is 3.35. The summed E-state index contributed by atoms with van der Waals surface area (Å²) >= 11 is 0. The van der Waals surface area contributed by atoms with E-state index < -0.39 is 0 Å². The van der Waals surface area contributed by atoms with Gasteiger partial charge in [-0.15, -0.1) is 0 Å². The predicted octanol–water partition coefficient (Wildman–Crippen LogP) is 4.45. The first-order valence-electron chi connectivity index (χ1n) is 11.0. The van der Waals surface area contributed by atoms with Crippen molar-refractivity contribution in [2.75, 3.05) is 45.1 Å². The summed E-state index contributed by atoms with van der Waals surface area (Å²) in [6.07, 6.45) is 3.67. The van der Waals surface area contributed by atoms with Crippen molar-refractivity contribution in [3.8, 4) is 22.9 Å². The van der Waals surface area contributed by atoms with Gasteiger partial charge in [0.2, 0.25) is 0 Å². The Morgan fingerprint density at radius 1 is 0.970 bits per heavy atom. The van der Waals surface area contributed by atoms with Gasteiger partial charge in [-0.3, -0.25) is 0 Å². The molecule has 8 nitrogen and oxygen atoms in total. The van der Waals surface area contributed by atoms with Crippen LogP contribution in [0.5, 0.6) is 17.2 Å². The maximum atomic E-state index is 13.1. The maximum Gasteiger partial charge on any atom is 0.321 e. The molecule has 1 fully saturated rings. The zero-order chi connectivity index (χ0) is 23.0. The molecule has 0 aliphatic carbocycles. The number of nitrogens with zero attached hydrogens (tertiary/aromatic N) is 2. The molecule has 8 heteroatoms. The van der Waals surface area contributed by atoms with E-state index in [4.69, 9.17) is 14.2 Å². The fourth-order valence-electron chi connectivity index (χ4n) is 4.83. The van der Waals surface area contributed by atoms with Crippen LogP contribution in [0.15, 0.2) is 54.7 Å². The molecule has 172 valence electrons. The summed E-state index contributed by atoms with van der Waals surface area (Å²) in [6, 6.07) is 15.5. The van der Waals surface area contributed by atoms with Crippen LogP contribution in [0.4, 0.5) is 16.2 Å². The van der Waals surface area contributed by atoms with E-state index in [0.717, 1.165) is 30.0 Å². The topological polar surface area (TPSA) is 77.0 Å². The van der Waals surface area contributed by atoms with Crippen molar-refractivity contribution in [2.24, 2.45) is 0 Å². The Morgan fingerprint density at radius 3 is 2.42 bits per heavy atom. The smallest absolute Gasteiger partial charge is 0.321 e. The molecule has 2 aromatic carbocycles. The van der Waals surface area contributed by atoms with Gasteiger partial charge in [0.25, 0.3) is 0 Å². The zero-order valence-corrected chi connectivity index (χ0v) is 19.1. The normalized spacial score (nSPS) is 15.8. The van der Waals surface area contributed by atoms with E-state index in [9.17, 15) is 4.79 Å². The van der Waals surface area contributed by atoms with Crippen LogP contribution < -0.4 is 24.8 Å². The first kappa shape index (κ1) is 21.1. The highest BCUT2D eigenvalue weighted by Gasteiger charge is 2.42. The van der Waals surface area contributed by atoms with Crippen molar-refractivity contribution in [2.45, 2.75) is 18.4 Å². The van der Waals surface area contributed by atoms with Crippen LogP contribution in [0, 0.1) is 0 Å². The second-order valence-corrected chi connectivity index (χ2v) is 8.34. The Hall–Kier alpha value is -3.81. The van der Waals surface area contributed by atoms with Gasteiger partial charge in [0.1, 0.15) is 17.2 Å². The number of ether oxygens (including phenoxy) is 3. The lowest BCUT2D eigenvalue weighted by Crippen LogP contribution is -2.51.